The van der Waals surface area contributed by atoms with Crippen LogP contribution in [0.3, 0.4) is 0 Å². The summed E-state index contributed by atoms with van der Waals surface area (Å²) in [4.78, 5) is 39.7. The van der Waals surface area contributed by atoms with Crippen LogP contribution >= 0.6 is 11.3 Å². The maximum absolute atomic E-state index is 13.1. The number of aryl methyl sites for hydroxylation is 1. The van der Waals surface area contributed by atoms with Crippen molar-refractivity contribution in [1.82, 2.24) is 0 Å². The SMILES string of the molecule is CCOC(=O)c1c(NC(=O)C(C#N)=Cc2cc([N+](=O)[O-])ccc2N(CC)CC)sc2c1CCCC2. The Balaban J connectivity index is 2.01. The molecular formula is C25H28N4O5S. The lowest BCUT2D eigenvalue weighted by atomic mass is 9.95. The van der Waals surface area contributed by atoms with Crippen molar-refractivity contribution in [3.05, 3.63) is 55.5 Å². The van der Waals surface area contributed by atoms with Gasteiger partial charge in [0.25, 0.3) is 11.6 Å². The first kappa shape index (κ1) is 25.9. The number of nitro groups is 1. The molecule has 0 fully saturated rings. The van der Waals surface area contributed by atoms with Crippen LogP contribution in [0.5, 0.6) is 0 Å². The van der Waals surface area contributed by atoms with E-state index in [1.165, 1.54) is 29.5 Å². The maximum atomic E-state index is 13.1. The lowest BCUT2D eigenvalue weighted by molar-refractivity contribution is -0.384. The number of thiophene rings is 1. The number of esters is 1. The molecule has 1 aliphatic carbocycles. The number of carbonyl (C=O) groups is 2. The van der Waals surface area contributed by atoms with Crippen LogP contribution in [0.2, 0.25) is 0 Å². The Morgan fingerprint density at radius 3 is 2.60 bits per heavy atom. The van der Waals surface area contributed by atoms with Crippen LogP contribution in [0.4, 0.5) is 16.4 Å². The highest BCUT2D eigenvalue weighted by molar-refractivity contribution is 7.17. The second-order valence-electron chi connectivity index (χ2n) is 7.93. The molecule has 0 saturated heterocycles. The molecule has 1 heterocycles. The number of non-ortho nitro benzene ring substituents is 1. The summed E-state index contributed by atoms with van der Waals surface area (Å²) >= 11 is 1.33. The third-order valence-corrected chi connectivity index (χ3v) is 7.08. The number of amides is 1. The number of rotatable bonds is 9. The summed E-state index contributed by atoms with van der Waals surface area (Å²) in [5.41, 5.74) is 1.97. The number of ether oxygens (including phenoxy) is 1. The van der Waals surface area contributed by atoms with Crippen molar-refractivity contribution < 1.29 is 19.2 Å². The quantitative estimate of drug-likeness (QED) is 0.168. The molecule has 0 spiro atoms. The molecule has 1 aliphatic rings. The Morgan fingerprint density at radius 2 is 1.97 bits per heavy atom. The molecule has 0 atom stereocenters. The van der Waals surface area contributed by atoms with Crippen LogP contribution in [0.15, 0.2) is 23.8 Å². The molecule has 35 heavy (non-hydrogen) atoms. The highest BCUT2D eigenvalue weighted by atomic mass is 32.1. The summed E-state index contributed by atoms with van der Waals surface area (Å²) in [6.45, 7) is 7.12. The Hall–Kier alpha value is -3.71. The van der Waals surface area contributed by atoms with Crippen LogP contribution in [0.25, 0.3) is 6.08 Å². The summed E-state index contributed by atoms with van der Waals surface area (Å²) in [7, 11) is 0. The zero-order chi connectivity index (χ0) is 25.5. The highest BCUT2D eigenvalue weighted by Gasteiger charge is 2.28. The first-order valence-corrected chi connectivity index (χ1v) is 12.4. The molecule has 0 saturated carbocycles. The van der Waals surface area contributed by atoms with Gasteiger partial charge >= 0.3 is 5.97 Å². The van der Waals surface area contributed by atoms with Crippen LogP contribution in [-0.4, -0.2) is 36.5 Å². The summed E-state index contributed by atoms with van der Waals surface area (Å²) < 4.78 is 5.23. The van der Waals surface area contributed by atoms with Gasteiger partial charge in [0.1, 0.15) is 16.6 Å². The average molecular weight is 497 g/mol. The fraction of sp³-hybridized carbons (Fsp3) is 0.400. The van der Waals surface area contributed by atoms with Crippen molar-refractivity contribution in [2.45, 2.75) is 46.5 Å². The third kappa shape index (κ3) is 5.69. The molecule has 0 radical (unpaired) electrons. The maximum Gasteiger partial charge on any atom is 0.341 e. The minimum absolute atomic E-state index is 0.139. The van der Waals surface area contributed by atoms with Crippen LogP contribution in [-0.2, 0) is 22.4 Å². The van der Waals surface area contributed by atoms with E-state index in [1.54, 1.807) is 13.0 Å². The molecule has 0 unspecified atom stereocenters. The molecule has 1 aromatic heterocycles. The minimum atomic E-state index is -0.686. The number of nitrogens with zero attached hydrogens (tertiary/aromatic N) is 3. The number of carbonyl (C=O) groups excluding carboxylic acids is 2. The van der Waals surface area contributed by atoms with Crippen molar-refractivity contribution >= 4 is 45.7 Å². The monoisotopic (exact) mass is 496 g/mol. The van der Waals surface area contributed by atoms with Gasteiger partial charge in [-0.2, -0.15) is 5.26 Å². The van der Waals surface area contributed by atoms with Gasteiger partial charge < -0.3 is 15.0 Å². The molecule has 9 nitrogen and oxygen atoms in total. The summed E-state index contributed by atoms with van der Waals surface area (Å²) in [6, 6.07) is 6.28. The zero-order valence-electron chi connectivity index (χ0n) is 20.1. The van der Waals surface area contributed by atoms with Gasteiger partial charge in [-0.1, -0.05) is 0 Å². The topological polar surface area (TPSA) is 126 Å². The van der Waals surface area contributed by atoms with Crippen molar-refractivity contribution in [1.29, 1.82) is 5.26 Å². The van der Waals surface area contributed by atoms with E-state index < -0.39 is 16.8 Å². The largest absolute Gasteiger partial charge is 0.462 e. The van der Waals surface area contributed by atoms with Crippen molar-refractivity contribution in [2.24, 2.45) is 0 Å². The molecule has 0 bridgehead atoms. The normalized spacial score (nSPS) is 12.9. The molecule has 1 aromatic carbocycles. The van der Waals surface area contributed by atoms with Gasteiger partial charge in [-0.25, -0.2) is 4.79 Å². The van der Waals surface area contributed by atoms with E-state index in [-0.39, 0.29) is 17.9 Å². The molecule has 1 N–H and O–H groups in total. The van der Waals surface area contributed by atoms with E-state index in [0.717, 1.165) is 36.1 Å². The smallest absolute Gasteiger partial charge is 0.341 e. The molecule has 184 valence electrons. The number of nitro benzene ring substituents is 1. The van der Waals surface area contributed by atoms with Crippen molar-refractivity contribution in [3.63, 3.8) is 0 Å². The number of nitriles is 1. The predicted molar refractivity (Wildman–Crippen MR) is 136 cm³/mol. The number of benzene rings is 1. The molecule has 1 amide bonds. The van der Waals surface area contributed by atoms with Crippen molar-refractivity contribution in [2.75, 3.05) is 29.9 Å². The Bertz CT molecular complexity index is 1210. The average Bonchev–Trinajstić information content (AvgIpc) is 3.21. The third-order valence-electron chi connectivity index (χ3n) is 5.87. The first-order chi connectivity index (χ1) is 16.8. The first-order valence-electron chi connectivity index (χ1n) is 11.6. The number of nitrogens with one attached hydrogen (secondary N) is 1. The highest BCUT2D eigenvalue weighted by Crippen LogP contribution is 2.39. The predicted octanol–water partition coefficient (Wildman–Crippen LogP) is 5.10. The van der Waals surface area contributed by atoms with Gasteiger partial charge in [0.15, 0.2) is 0 Å². The summed E-state index contributed by atoms with van der Waals surface area (Å²) in [5, 5.41) is 24.2. The van der Waals surface area contributed by atoms with E-state index in [0.29, 0.717) is 34.9 Å². The molecule has 0 aliphatic heterocycles. The van der Waals surface area contributed by atoms with Gasteiger partial charge in [0, 0.05) is 41.4 Å². The van der Waals surface area contributed by atoms with Gasteiger partial charge in [-0.3, -0.25) is 14.9 Å². The second-order valence-corrected chi connectivity index (χ2v) is 9.04. The van der Waals surface area contributed by atoms with Crippen molar-refractivity contribution in [3.8, 4) is 6.07 Å². The van der Waals surface area contributed by atoms with E-state index in [1.807, 2.05) is 24.8 Å². The van der Waals surface area contributed by atoms with E-state index >= 15 is 0 Å². The second kappa shape index (κ2) is 11.6. The van der Waals surface area contributed by atoms with Gasteiger partial charge in [-0.05, 0) is 64.2 Å². The van der Waals surface area contributed by atoms with Crippen LogP contribution in [0.1, 0.15) is 60.0 Å². The summed E-state index contributed by atoms with van der Waals surface area (Å²) in [5.74, 6) is -1.18. The molecule has 3 rings (SSSR count). The number of fused-ring (bicyclic) bond motifs is 1. The van der Waals surface area contributed by atoms with Gasteiger partial charge in [0.05, 0.1) is 17.1 Å². The van der Waals surface area contributed by atoms with Crippen LogP contribution in [0, 0.1) is 21.4 Å². The summed E-state index contributed by atoms with van der Waals surface area (Å²) in [6.07, 6.45) is 4.87. The molecule has 10 heteroatoms. The van der Waals surface area contributed by atoms with E-state index in [4.69, 9.17) is 4.74 Å². The lowest BCUT2D eigenvalue weighted by Gasteiger charge is -2.23. The number of hydrogen-bond donors (Lipinski definition) is 1. The van der Waals surface area contributed by atoms with Gasteiger partial charge in [-0.15, -0.1) is 11.3 Å². The zero-order valence-corrected chi connectivity index (χ0v) is 20.9. The van der Waals surface area contributed by atoms with Crippen LogP contribution < -0.4 is 10.2 Å². The molecular weight excluding hydrogens is 468 g/mol. The van der Waals surface area contributed by atoms with Gasteiger partial charge in [0.2, 0.25) is 0 Å². The Labute approximate surface area is 208 Å². The fourth-order valence-electron chi connectivity index (χ4n) is 4.17. The lowest BCUT2D eigenvalue weighted by Crippen LogP contribution is -2.23. The number of hydrogen-bond acceptors (Lipinski definition) is 8. The Morgan fingerprint density at radius 1 is 1.26 bits per heavy atom. The fourth-order valence-corrected chi connectivity index (χ4v) is 5.44. The van der Waals surface area contributed by atoms with E-state index in [2.05, 4.69) is 5.32 Å². The standard InChI is InChI=1S/C25H28N4O5S/c1-4-28(5-2)20-12-11-18(29(32)33)14-16(20)13-17(15-26)23(30)27-24-22(25(31)34-6-3)19-9-7-8-10-21(19)35-24/h11-14H,4-10H2,1-3H3,(H,27,30). The number of anilines is 2. The Kier molecular flexibility index (Phi) is 8.60. The van der Waals surface area contributed by atoms with E-state index in [9.17, 15) is 25.0 Å². The minimum Gasteiger partial charge on any atom is -0.462 e. The molecule has 2 aromatic rings.